The van der Waals surface area contributed by atoms with E-state index in [1.165, 1.54) is 12.1 Å². The molecule has 1 aromatic rings. The highest BCUT2D eigenvalue weighted by Gasteiger charge is 2.41. The molecule has 24 heavy (non-hydrogen) atoms. The molecule has 1 aromatic carbocycles. The summed E-state index contributed by atoms with van der Waals surface area (Å²) >= 11 is 0. The zero-order valence-electron chi connectivity index (χ0n) is 13.6. The molecule has 0 aliphatic carbocycles. The van der Waals surface area contributed by atoms with Gasteiger partial charge in [0.2, 0.25) is 15.9 Å². The van der Waals surface area contributed by atoms with E-state index in [0.717, 1.165) is 4.31 Å². The summed E-state index contributed by atoms with van der Waals surface area (Å²) in [6.45, 7) is 5.06. The summed E-state index contributed by atoms with van der Waals surface area (Å²) in [7, 11) is -3.63. The Balaban J connectivity index is 1.81. The smallest absolute Gasteiger partial charge is 0.254 e. The molecule has 0 saturated carbocycles. The van der Waals surface area contributed by atoms with E-state index in [9.17, 15) is 18.0 Å². The highest BCUT2D eigenvalue weighted by molar-refractivity contribution is 7.94. The molecule has 2 amide bonds. The molecule has 8 heteroatoms. The minimum atomic E-state index is -3.63. The molecule has 0 radical (unpaired) electrons. The highest BCUT2D eigenvalue weighted by Crippen LogP contribution is 2.28. The molecular formula is C16H20N2O5S. The van der Waals surface area contributed by atoms with E-state index in [4.69, 9.17) is 4.74 Å². The van der Waals surface area contributed by atoms with Gasteiger partial charge >= 0.3 is 0 Å². The van der Waals surface area contributed by atoms with Crippen molar-refractivity contribution in [1.82, 2.24) is 4.90 Å². The zero-order chi connectivity index (χ0) is 17.5. The van der Waals surface area contributed by atoms with E-state index in [-0.39, 0.29) is 23.5 Å². The quantitative estimate of drug-likeness (QED) is 0.788. The number of carbonyl (C=O) groups excluding carboxylic acids is 2. The molecule has 2 fully saturated rings. The third-order valence-corrected chi connectivity index (χ3v) is 6.11. The predicted molar refractivity (Wildman–Crippen MR) is 88.2 cm³/mol. The van der Waals surface area contributed by atoms with Crippen molar-refractivity contribution in [2.45, 2.75) is 20.0 Å². The van der Waals surface area contributed by atoms with Crippen LogP contribution in [0.2, 0.25) is 0 Å². The van der Waals surface area contributed by atoms with E-state index in [1.807, 2.05) is 6.92 Å². The number of benzene rings is 1. The van der Waals surface area contributed by atoms with E-state index in [0.29, 0.717) is 25.3 Å². The SMILES string of the molecule is CC1CN(C(=O)c2ccc(N3C(=O)C(C)CS3(=O)=O)cc2)CCO1. The summed E-state index contributed by atoms with van der Waals surface area (Å²) in [5.74, 6) is -1.29. The number of hydrogen-bond donors (Lipinski definition) is 0. The van der Waals surface area contributed by atoms with Gasteiger partial charge in [0.25, 0.3) is 5.91 Å². The summed E-state index contributed by atoms with van der Waals surface area (Å²) in [5, 5.41) is 0. The Kier molecular flexibility index (Phi) is 4.35. The fraction of sp³-hybridized carbons (Fsp3) is 0.500. The first-order chi connectivity index (χ1) is 11.3. The lowest BCUT2D eigenvalue weighted by atomic mass is 10.1. The van der Waals surface area contributed by atoms with Crippen molar-refractivity contribution in [1.29, 1.82) is 0 Å². The van der Waals surface area contributed by atoms with Crippen LogP contribution in [0.4, 0.5) is 5.69 Å². The Hall–Kier alpha value is -1.93. The van der Waals surface area contributed by atoms with Gasteiger partial charge in [-0.3, -0.25) is 9.59 Å². The van der Waals surface area contributed by atoms with E-state index in [2.05, 4.69) is 0 Å². The Labute approximate surface area is 141 Å². The molecule has 0 bridgehead atoms. The molecule has 0 aromatic heterocycles. The molecule has 0 N–H and O–H groups in total. The highest BCUT2D eigenvalue weighted by atomic mass is 32.2. The number of anilines is 1. The summed E-state index contributed by atoms with van der Waals surface area (Å²) in [6, 6.07) is 6.13. The van der Waals surface area contributed by atoms with Gasteiger partial charge < -0.3 is 9.64 Å². The molecule has 2 heterocycles. The molecule has 0 spiro atoms. The lowest BCUT2D eigenvalue weighted by Crippen LogP contribution is -2.44. The van der Waals surface area contributed by atoms with E-state index in [1.54, 1.807) is 24.0 Å². The van der Waals surface area contributed by atoms with Crippen LogP contribution in [0.3, 0.4) is 0 Å². The fourth-order valence-corrected chi connectivity index (χ4v) is 4.83. The Bertz CT molecular complexity index is 759. The summed E-state index contributed by atoms with van der Waals surface area (Å²) in [4.78, 5) is 26.3. The average Bonchev–Trinajstić information content (AvgIpc) is 2.74. The third-order valence-electron chi connectivity index (χ3n) is 4.24. The van der Waals surface area contributed by atoms with Gasteiger partial charge in [-0.1, -0.05) is 6.92 Å². The first-order valence-electron chi connectivity index (χ1n) is 7.87. The summed E-state index contributed by atoms with van der Waals surface area (Å²) in [5.41, 5.74) is 0.737. The number of morpholine rings is 1. The van der Waals surface area contributed by atoms with Gasteiger partial charge in [0.05, 0.1) is 30.1 Å². The van der Waals surface area contributed by atoms with Crippen molar-refractivity contribution in [2.75, 3.05) is 29.8 Å². The van der Waals surface area contributed by atoms with Gasteiger partial charge in [-0.15, -0.1) is 0 Å². The lowest BCUT2D eigenvalue weighted by Gasteiger charge is -2.31. The van der Waals surface area contributed by atoms with Crippen LogP contribution < -0.4 is 4.31 Å². The Morgan fingerprint density at radius 1 is 1.21 bits per heavy atom. The van der Waals surface area contributed by atoms with Gasteiger partial charge in [0.15, 0.2) is 0 Å². The molecule has 130 valence electrons. The van der Waals surface area contributed by atoms with Crippen molar-refractivity contribution >= 4 is 27.5 Å². The first kappa shape index (κ1) is 16.9. The van der Waals surface area contributed by atoms with Crippen LogP contribution in [-0.4, -0.2) is 56.7 Å². The maximum absolute atomic E-state index is 12.5. The van der Waals surface area contributed by atoms with E-state index < -0.39 is 21.8 Å². The second-order valence-corrected chi connectivity index (χ2v) is 8.12. The molecular weight excluding hydrogens is 332 g/mol. The monoisotopic (exact) mass is 352 g/mol. The van der Waals surface area contributed by atoms with Crippen LogP contribution in [0.1, 0.15) is 24.2 Å². The molecule has 2 unspecified atom stereocenters. The van der Waals surface area contributed by atoms with Crippen LogP contribution in [0.5, 0.6) is 0 Å². The van der Waals surface area contributed by atoms with Gasteiger partial charge in [-0.05, 0) is 31.2 Å². The van der Waals surface area contributed by atoms with Crippen molar-refractivity contribution < 1.29 is 22.7 Å². The first-order valence-corrected chi connectivity index (χ1v) is 9.48. The average molecular weight is 352 g/mol. The summed E-state index contributed by atoms with van der Waals surface area (Å²) < 4.78 is 30.5. The maximum atomic E-state index is 12.5. The second kappa shape index (κ2) is 6.18. The second-order valence-electron chi connectivity index (χ2n) is 6.26. The molecule has 2 atom stereocenters. The molecule has 2 saturated heterocycles. The third kappa shape index (κ3) is 3.03. The van der Waals surface area contributed by atoms with Crippen molar-refractivity contribution in [3.8, 4) is 0 Å². The van der Waals surface area contributed by atoms with Crippen molar-refractivity contribution in [3.05, 3.63) is 29.8 Å². The van der Waals surface area contributed by atoms with Crippen molar-refractivity contribution in [2.24, 2.45) is 5.92 Å². The van der Waals surface area contributed by atoms with Gasteiger partial charge in [0.1, 0.15) is 0 Å². The molecule has 7 nitrogen and oxygen atoms in total. The predicted octanol–water partition coefficient (Wildman–Crippen LogP) is 0.860. The van der Waals surface area contributed by atoms with Crippen LogP contribution in [0.15, 0.2) is 24.3 Å². The molecule has 2 aliphatic rings. The normalized spacial score (nSPS) is 26.7. The number of rotatable bonds is 2. The standard InChI is InChI=1S/C16H20N2O5S/c1-11-10-24(21,22)18(15(11)19)14-5-3-13(4-6-14)16(20)17-7-8-23-12(2)9-17/h3-6,11-12H,7-10H2,1-2H3. The fourth-order valence-electron chi connectivity index (χ4n) is 3.01. The van der Waals surface area contributed by atoms with Gasteiger partial charge in [-0.25, -0.2) is 12.7 Å². The minimum Gasteiger partial charge on any atom is -0.375 e. The topological polar surface area (TPSA) is 84.0 Å². The number of carbonyl (C=O) groups is 2. The summed E-state index contributed by atoms with van der Waals surface area (Å²) in [6.07, 6.45) is -0.00387. The lowest BCUT2D eigenvalue weighted by molar-refractivity contribution is -0.119. The largest absolute Gasteiger partial charge is 0.375 e. The number of ether oxygens (including phenoxy) is 1. The van der Waals surface area contributed by atoms with Crippen LogP contribution >= 0.6 is 0 Å². The van der Waals surface area contributed by atoms with Gasteiger partial charge in [-0.2, -0.15) is 0 Å². The Morgan fingerprint density at radius 2 is 1.88 bits per heavy atom. The molecule has 3 rings (SSSR count). The number of hydrogen-bond acceptors (Lipinski definition) is 5. The minimum absolute atomic E-state index is 0.00387. The van der Waals surface area contributed by atoms with Crippen LogP contribution in [0, 0.1) is 5.92 Å². The zero-order valence-corrected chi connectivity index (χ0v) is 14.5. The van der Waals surface area contributed by atoms with Crippen LogP contribution in [-0.2, 0) is 19.6 Å². The number of sulfonamides is 1. The van der Waals surface area contributed by atoms with Gasteiger partial charge in [0, 0.05) is 18.7 Å². The van der Waals surface area contributed by atoms with Crippen LogP contribution in [0.25, 0.3) is 0 Å². The Morgan fingerprint density at radius 3 is 2.42 bits per heavy atom. The molecule has 2 aliphatic heterocycles. The number of nitrogens with zero attached hydrogens (tertiary/aromatic N) is 2. The number of amides is 2. The maximum Gasteiger partial charge on any atom is 0.254 e. The van der Waals surface area contributed by atoms with E-state index >= 15 is 0 Å². The van der Waals surface area contributed by atoms with Crippen molar-refractivity contribution in [3.63, 3.8) is 0 Å².